The van der Waals surface area contributed by atoms with Crippen molar-refractivity contribution in [1.82, 2.24) is 4.98 Å². The number of rotatable bonds is 2. The van der Waals surface area contributed by atoms with E-state index in [0.29, 0.717) is 17.1 Å². The Morgan fingerprint density at radius 1 is 1.29 bits per heavy atom. The van der Waals surface area contributed by atoms with Gasteiger partial charge in [-0.15, -0.1) is 0 Å². The van der Waals surface area contributed by atoms with Crippen LogP contribution in [0.1, 0.15) is 5.56 Å². The van der Waals surface area contributed by atoms with Gasteiger partial charge < -0.3 is 11.1 Å². The number of nitrogens with one attached hydrogen (secondary N) is 1. The van der Waals surface area contributed by atoms with Crippen molar-refractivity contribution < 1.29 is 0 Å². The van der Waals surface area contributed by atoms with Gasteiger partial charge in [0.1, 0.15) is 6.07 Å². The molecule has 1 heterocycles. The highest BCUT2D eigenvalue weighted by Crippen LogP contribution is 2.21. The van der Waals surface area contributed by atoms with Crippen molar-refractivity contribution in [3.8, 4) is 6.07 Å². The maximum absolute atomic E-state index is 8.71. The van der Waals surface area contributed by atoms with Crippen LogP contribution >= 0.6 is 22.6 Å². The van der Waals surface area contributed by atoms with Gasteiger partial charge in [0, 0.05) is 15.5 Å². The number of anilines is 3. The molecule has 4 nitrogen and oxygen atoms in total. The first-order valence-electron chi connectivity index (χ1n) is 4.87. The van der Waals surface area contributed by atoms with Crippen molar-refractivity contribution in [2.45, 2.75) is 0 Å². The van der Waals surface area contributed by atoms with Gasteiger partial charge in [-0.2, -0.15) is 5.26 Å². The molecule has 0 saturated heterocycles. The highest BCUT2D eigenvalue weighted by Gasteiger charge is 2.02. The maximum atomic E-state index is 8.71. The third-order valence-electron chi connectivity index (χ3n) is 2.15. The number of pyridine rings is 1. The van der Waals surface area contributed by atoms with E-state index in [1.165, 1.54) is 6.20 Å². The molecule has 3 N–H and O–H groups in total. The van der Waals surface area contributed by atoms with Crippen LogP contribution in [0.3, 0.4) is 0 Å². The number of aromatic nitrogens is 1. The molecule has 2 aromatic rings. The van der Waals surface area contributed by atoms with Gasteiger partial charge in [0.05, 0.1) is 11.3 Å². The molecular weight excluding hydrogens is 327 g/mol. The molecular formula is C12H9IN4. The SMILES string of the molecule is N#Cc1cnc(Nc2ccc(I)cc2)c(N)c1. The van der Waals surface area contributed by atoms with Crippen LogP contribution < -0.4 is 11.1 Å². The molecule has 5 heteroatoms. The van der Waals surface area contributed by atoms with Crippen molar-refractivity contribution in [2.75, 3.05) is 11.1 Å². The molecule has 0 atom stereocenters. The lowest BCUT2D eigenvalue weighted by Gasteiger charge is -2.08. The molecule has 1 aromatic heterocycles. The molecule has 84 valence electrons. The van der Waals surface area contributed by atoms with Gasteiger partial charge in [0.15, 0.2) is 5.82 Å². The molecule has 17 heavy (non-hydrogen) atoms. The molecule has 0 spiro atoms. The first-order chi connectivity index (χ1) is 8.19. The minimum Gasteiger partial charge on any atom is -0.396 e. The highest BCUT2D eigenvalue weighted by atomic mass is 127. The molecule has 0 aliphatic carbocycles. The van der Waals surface area contributed by atoms with Gasteiger partial charge in [0.25, 0.3) is 0 Å². The van der Waals surface area contributed by atoms with Crippen LogP contribution in [0.25, 0.3) is 0 Å². The largest absolute Gasteiger partial charge is 0.396 e. The lowest BCUT2D eigenvalue weighted by molar-refractivity contribution is 1.29. The first kappa shape index (κ1) is 11.7. The van der Waals surface area contributed by atoms with E-state index < -0.39 is 0 Å². The van der Waals surface area contributed by atoms with Gasteiger partial charge in [-0.3, -0.25) is 0 Å². The van der Waals surface area contributed by atoms with E-state index in [-0.39, 0.29) is 0 Å². The number of hydrogen-bond acceptors (Lipinski definition) is 4. The van der Waals surface area contributed by atoms with Crippen LogP contribution in [0.5, 0.6) is 0 Å². The second kappa shape index (κ2) is 5.01. The summed E-state index contributed by atoms with van der Waals surface area (Å²) in [5, 5.41) is 11.8. The Hall–Kier alpha value is -1.81. The molecule has 2 rings (SSSR count). The first-order valence-corrected chi connectivity index (χ1v) is 5.95. The molecule has 0 bridgehead atoms. The normalized spacial score (nSPS) is 9.65. The number of benzene rings is 1. The number of nitrogens with zero attached hydrogens (tertiary/aromatic N) is 2. The zero-order valence-electron chi connectivity index (χ0n) is 8.81. The summed E-state index contributed by atoms with van der Waals surface area (Å²) in [4.78, 5) is 4.11. The average molecular weight is 336 g/mol. The fourth-order valence-electron chi connectivity index (χ4n) is 1.32. The smallest absolute Gasteiger partial charge is 0.153 e. The second-order valence-corrected chi connectivity index (χ2v) is 4.65. The molecule has 0 fully saturated rings. The molecule has 0 aliphatic rings. The van der Waals surface area contributed by atoms with E-state index in [4.69, 9.17) is 11.0 Å². The van der Waals surface area contributed by atoms with Crippen LogP contribution in [0, 0.1) is 14.9 Å². The summed E-state index contributed by atoms with van der Waals surface area (Å²) in [5.74, 6) is 0.560. The quantitative estimate of drug-likeness (QED) is 0.827. The monoisotopic (exact) mass is 336 g/mol. The number of nitriles is 1. The van der Waals surface area contributed by atoms with Gasteiger partial charge in [0.2, 0.25) is 0 Å². The standard InChI is InChI=1S/C12H9IN4/c13-9-1-3-10(4-2-9)17-12-11(15)5-8(6-14)7-16-12/h1-5,7H,15H2,(H,16,17). The predicted octanol–water partition coefficient (Wildman–Crippen LogP) is 2.88. The Balaban J connectivity index is 2.25. The number of hydrogen-bond donors (Lipinski definition) is 2. The van der Waals surface area contributed by atoms with Crippen molar-refractivity contribution in [3.63, 3.8) is 0 Å². The van der Waals surface area contributed by atoms with E-state index in [1.54, 1.807) is 6.07 Å². The molecule has 0 aliphatic heterocycles. The fraction of sp³-hybridized carbons (Fsp3) is 0. The Kier molecular flexibility index (Phi) is 3.44. The minimum absolute atomic E-state index is 0.454. The Morgan fingerprint density at radius 2 is 2.00 bits per heavy atom. The second-order valence-electron chi connectivity index (χ2n) is 3.41. The summed E-state index contributed by atoms with van der Waals surface area (Å²) in [6.07, 6.45) is 1.49. The Morgan fingerprint density at radius 3 is 2.59 bits per heavy atom. The summed E-state index contributed by atoms with van der Waals surface area (Å²) in [6, 6.07) is 11.5. The number of nitrogen functional groups attached to an aromatic ring is 1. The van der Waals surface area contributed by atoms with Crippen LogP contribution in [-0.4, -0.2) is 4.98 Å². The highest BCUT2D eigenvalue weighted by molar-refractivity contribution is 14.1. The third-order valence-corrected chi connectivity index (χ3v) is 2.87. The number of nitrogens with two attached hydrogens (primary N) is 1. The van der Waals surface area contributed by atoms with Crippen molar-refractivity contribution in [1.29, 1.82) is 5.26 Å². The average Bonchev–Trinajstić information content (AvgIpc) is 2.34. The zero-order chi connectivity index (χ0) is 12.3. The zero-order valence-corrected chi connectivity index (χ0v) is 11.0. The summed E-state index contributed by atoms with van der Waals surface area (Å²) < 4.78 is 1.16. The summed E-state index contributed by atoms with van der Waals surface area (Å²) in [6.45, 7) is 0. The van der Waals surface area contributed by atoms with Crippen LogP contribution in [0.2, 0.25) is 0 Å². The van der Waals surface area contributed by atoms with Crippen molar-refractivity contribution >= 4 is 39.8 Å². The summed E-state index contributed by atoms with van der Waals surface area (Å²) in [5.41, 5.74) is 7.62. The van der Waals surface area contributed by atoms with Gasteiger partial charge in [-0.1, -0.05) is 0 Å². The molecule has 0 unspecified atom stereocenters. The third kappa shape index (κ3) is 2.85. The van der Waals surface area contributed by atoms with Crippen molar-refractivity contribution in [2.24, 2.45) is 0 Å². The lowest BCUT2D eigenvalue weighted by atomic mass is 10.2. The topological polar surface area (TPSA) is 74.7 Å². The molecule has 1 aromatic carbocycles. The van der Waals surface area contributed by atoms with E-state index >= 15 is 0 Å². The Labute approximate surface area is 113 Å². The van der Waals surface area contributed by atoms with Gasteiger partial charge >= 0.3 is 0 Å². The fourth-order valence-corrected chi connectivity index (χ4v) is 1.68. The van der Waals surface area contributed by atoms with Crippen LogP contribution in [0.15, 0.2) is 36.5 Å². The summed E-state index contributed by atoms with van der Waals surface area (Å²) >= 11 is 2.24. The van der Waals surface area contributed by atoms with Crippen LogP contribution in [0.4, 0.5) is 17.2 Å². The van der Waals surface area contributed by atoms with E-state index in [2.05, 4.69) is 32.9 Å². The van der Waals surface area contributed by atoms with Gasteiger partial charge in [-0.25, -0.2) is 4.98 Å². The maximum Gasteiger partial charge on any atom is 0.153 e. The summed E-state index contributed by atoms with van der Waals surface area (Å²) in [7, 11) is 0. The lowest BCUT2D eigenvalue weighted by Crippen LogP contribution is -1.99. The van der Waals surface area contributed by atoms with Crippen LogP contribution in [-0.2, 0) is 0 Å². The number of halogens is 1. The van der Waals surface area contributed by atoms with E-state index in [9.17, 15) is 0 Å². The predicted molar refractivity (Wildman–Crippen MR) is 75.8 cm³/mol. The van der Waals surface area contributed by atoms with E-state index in [0.717, 1.165) is 9.26 Å². The minimum atomic E-state index is 0.454. The molecule has 0 radical (unpaired) electrons. The van der Waals surface area contributed by atoms with Crippen molar-refractivity contribution in [3.05, 3.63) is 45.7 Å². The Bertz CT molecular complexity index is 572. The molecule has 0 amide bonds. The molecule has 0 saturated carbocycles. The van der Waals surface area contributed by atoms with Gasteiger partial charge in [-0.05, 0) is 52.9 Å². The van der Waals surface area contributed by atoms with E-state index in [1.807, 2.05) is 30.3 Å².